The van der Waals surface area contributed by atoms with Crippen LogP contribution in [0.1, 0.15) is 39.0 Å². The average Bonchev–Trinajstić information content (AvgIpc) is 2.44. The lowest BCUT2D eigenvalue weighted by atomic mass is 10.1. The molecule has 0 bridgehead atoms. The van der Waals surface area contributed by atoms with E-state index in [0.717, 1.165) is 18.5 Å². The van der Waals surface area contributed by atoms with Crippen LogP contribution in [0.15, 0.2) is 35.3 Å². The zero-order valence-corrected chi connectivity index (χ0v) is 11.4. The van der Waals surface area contributed by atoms with Crippen LogP contribution in [0, 0.1) is 0 Å². The number of benzene rings is 1. The molecule has 0 aliphatic heterocycles. The van der Waals surface area contributed by atoms with Gasteiger partial charge in [0, 0.05) is 11.9 Å². The molecule has 0 saturated heterocycles. The van der Waals surface area contributed by atoms with Crippen LogP contribution in [0.2, 0.25) is 0 Å². The van der Waals surface area contributed by atoms with E-state index in [1.54, 1.807) is 12.3 Å². The van der Waals surface area contributed by atoms with Crippen molar-refractivity contribution in [3.05, 3.63) is 40.7 Å². The van der Waals surface area contributed by atoms with Gasteiger partial charge in [0.05, 0.1) is 11.7 Å². The number of aryl methyl sites for hydroxylation is 1. The van der Waals surface area contributed by atoms with Gasteiger partial charge < -0.3 is 9.67 Å². The molecule has 1 aromatic carbocycles. The van der Waals surface area contributed by atoms with E-state index in [1.807, 2.05) is 22.8 Å². The predicted molar refractivity (Wildman–Crippen MR) is 78.6 cm³/mol. The molecule has 0 radical (unpaired) electrons. The van der Waals surface area contributed by atoms with Crippen LogP contribution < -0.4 is 5.43 Å². The first-order chi connectivity index (χ1) is 9.24. The van der Waals surface area contributed by atoms with E-state index in [1.165, 1.54) is 25.7 Å². The number of rotatable bonds is 6. The molecule has 1 N–H and O–H groups in total. The second-order valence-electron chi connectivity index (χ2n) is 4.97. The van der Waals surface area contributed by atoms with Gasteiger partial charge in [0.1, 0.15) is 0 Å². The fourth-order valence-corrected chi connectivity index (χ4v) is 2.40. The summed E-state index contributed by atoms with van der Waals surface area (Å²) in [4.78, 5) is 11.8. The molecule has 0 spiro atoms. The lowest BCUT2D eigenvalue weighted by Gasteiger charge is -2.11. The minimum atomic E-state index is -0.280. The maximum absolute atomic E-state index is 11.8. The SMILES string of the molecule is CCCCCCCn1cc(O)c(=O)c2ccccc21. The van der Waals surface area contributed by atoms with E-state index in [-0.39, 0.29) is 11.2 Å². The van der Waals surface area contributed by atoms with E-state index < -0.39 is 0 Å². The van der Waals surface area contributed by atoms with Gasteiger partial charge in [-0.15, -0.1) is 0 Å². The third-order valence-electron chi connectivity index (χ3n) is 3.47. The fourth-order valence-electron chi connectivity index (χ4n) is 2.40. The van der Waals surface area contributed by atoms with Gasteiger partial charge in [0.15, 0.2) is 5.75 Å². The number of nitrogens with zero attached hydrogens (tertiary/aromatic N) is 1. The van der Waals surface area contributed by atoms with Crippen molar-refractivity contribution in [3.8, 4) is 5.75 Å². The Kier molecular flexibility index (Phi) is 4.61. The molecule has 1 aromatic heterocycles. The third-order valence-corrected chi connectivity index (χ3v) is 3.47. The Bertz CT molecular complexity index is 601. The van der Waals surface area contributed by atoms with E-state index in [9.17, 15) is 9.90 Å². The molecule has 0 saturated carbocycles. The van der Waals surface area contributed by atoms with Gasteiger partial charge in [-0.3, -0.25) is 4.79 Å². The highest BCUT2D eigenvalue weighted by Crippen LogP contribution is 2.15. The van der Waals surface area contributed by atoms with Crippen molar-refractivity contribution in [1.29, 1.82) is 0 Å². The maximum Gasteiger partial charge on any atom is 0.230 e. The quantitative estimate of drug-likeness (QED) is 0.804. The summed E-state index contributed by atoms with van der Waals surface area (Å²) in [6, 6.07) is 7.45. The predicted octanol–water partition coefficient (Wildman–Crippen LogP) is 3.68. The molecule has 3 nitrogen and oxygen atoms in total. The summed E-state index contributed by atoms with van der Waals surface area (Å²) in [7, 11) is 0. The number of aromatic nitrogens is 1. The Morgan fingerprint density at radius 3 is 2.63 bits per heavy atom. The summed E-state index contributed by atoms with van der Waals surface area (Å²) in [6.07, 6.45) is 7.59. The van der Waals surface area contributed by atoms with Crippen molar-refractivity contribution in [1.82, 2.24) is 4.57 Å². The van der Waals surface area contributed by atoms with Gasteiger partial charge in [-0.2, -0.15) is 0 Å². The zero-order chi connectivity index (χ0) is 13.7. The van der Waals surface area contributed by atoms with Gasteiger partial charge in [0.2, 0.25) is 5.43 Å². The molecule has 0 unspecified atom stereocenters. The summed E-state index contributed by atoms with van der Waals surface area (Å²) in [6.45, 7) is 3.05. The first-order valence-electron chi connectivity index (χ1n) is 7.05. The monoisotopic (exact) mass is 259 g/mol. The topological polar surface area (TPSA) is 42.2 Å². The molecule has 3 heteroatoms. The van der Waals surface area contributed by atoms with Crippen LogP contribution in [0.3, 0.4) is 0 Å². The van der Waals surface area contributed by atoms with E-state index in [0.29, 0.717) is 5.39 Å². The average molecular weight is 259 g/mol. The molecule has 0 atom stereocenters. The van der Waals surface area contributed by atoms with Gasteiger partial charge in [-0.25, -0.2) is 0 Å². The van der Waals surface area contributed by atoms with Crippen molar-refractivity contribution >= 4 is 10.9 Å². The van der Waals surface area contributed by atoms with Crippen LogP contribution in [-0.2, 0) is 6.54 Å². The van der Waals surface area contributed by atoms with E-state index in [4.69, 9.17) is 0 Å². The van der Waals surface area contributed by atoms with Crippen LogP contribution in [0.4, 0.5) is 0 Å². The van der Waals surface area contributed by atoms with E-state index >= 15 is 0 Å². The van der Waals surface area contributed by atoms with Crippen molar-refractivity contribution < 1.29 is 5.11 Å². The summed E-state index contributed by atoms with van der Waals surface area (Å²) in [5, 5.41) is 10.3. The number of fused-ring (bicyclic) bond motifs is 1. The van der Waals surface area contributed by atoms with E-state index in [2.05, 4.69) is 6.92 Å². The highest BCUT2D eigenvalue weighted by molar-refractivity contribution is 5.80. The minimum absolute atomic E-state index is 0.160. The molecule has 102 valence electrons. The van der Waals surface area contributed by atoms with Crippen LogP contribution in [-0.4, -0.2) is 9.67 Å². The first-order valence-corrected chi connectivity index (χ1v) is 7.05. The fraction of sp³-hybridized carbons (Fsp3) is 0.438. The Labute approximate surface area is 113 Å². The molecule has 0 aliphatic carbocycles. The highest BCUT2D eigenvalue weighted by Gasteiger charge is 2.06. The Morgan fingerprint density at radius 2 is 1.84 bits per heavy atom. The number of pyridine rings is 1. The number of hydrogen-bond donors (Lipinski definition) is 1. The second-order valence-corrected chi connectivity index (χ2v) is 4.97. The molecule has 0 fully saturated rings. The normalized spacial score (nSPS) is 11.0. The maximum atomic E-state index is 11.8. The van der Waals surface area contributed by atoms with Gasteiger partial charge in [-0.05, 0) is 18.6 Å². The molecule has 1 heterocycles. The second kappa shape index (κ2) is 6.41. The largest absolute Gasteiger partial charge is 0.503 e. The Balaban J connectivity index is 2.19. The molecular formula is C16H21NO2. The molecule has 0 amide bonds. The molecule has 2 rings (SSSR count). The summed E-state index contributed by atoms with van der Waals surface area (Å²) in [5.74, 6) is -0.160. The standard InChI is InChI=1S/C16H21NO2/c1-2-3-4-5-8-11-17-12-15(18)16(19)13-9-6-7-10-14(13)17/h6-7,9-10,12,18H,2-5,8,11H2,1H3. The Hall–Kier alpha value is -1.77. The summed E-state index contributed by atoms with van der Waals surface area (Å²) in [5.41, 5.74) is 0.624. The lowest BCUT2D eigenvalue weighted by Crippen LogP contribution is -2.09. The van der Waals surface area contributed by atoms with Gasteiger partial charge >= 0.3 is 0 Å². The number of para-hydroxylation sites is 1. The Morgan fingerprint density at radius 1 is 1.11 bits per heavy atom. The molecular weight excluding hydrogens is 238 g/mol. The smallest absolute Gasteiger partial charge is 0.230 e. The third kappa shape index (κ3) is 3.16. The number of unbranched alkanes of at least 4 members (excludes halogenated alkanes) is 4. The highest BCUT2D eigenvalue weighted by atomic mass is 16.3. The zero-order valence-electron chi connectivity index (χ0n) is 11.4. The van der Waals surface area contributed by atoms with Crippen LogP contribution >= 0.6 is 0 Å². The van der Waals surface area contributed by atoms with Crippen molar-refractivity contribution in [3.63, 3.8) is 0 Å². The van der Waals surface area contributed by atoms with Gasteiger partial charge in [0.25, 0.3) is 0 Å². The number of aromatic hydroxyl groups is 1. The lowest BCUT2D eigenvalue weighted by molar-refractivity contribution is 0.461. The number of hydrogen-bond acceptors (Lipinski definition) is 2. The molecule has 19 heavy (non-hydrogen) atoms. The first kappa shape index (κ1) is 13.7. The van der Waals surface area contributed by atoms with Crippen LogP contribution in [0.5, 0.6) is 5.75 Å². The summed E-state index contributed by atoms with van der Waals surface area (Å²) < 4.78 is 1.98. The molecule has 0 aliphatic rings. The summed E-state index contributed by atoms with van der Waals surface area (Å²) >= 11 is 0. The minimum Gasteiger partial charge on any atom is -0.503 e. The van der Waals surface area contributed by atoms with Gasteiger partial charge in [-0.1, -0.05) is 44.7 Å². The molecule has 2 aromatic rings. The van der Waals surface area contributed by atoms with Crippen LogP contribution in [0.25, 0.3) is 10.9 Å². The van der Waals surface area contributed by atoms with Crippen molar-refractivity contribution in [2.24, 2.45) is 0 Å². The van der Waals surface area contributed by atoms with Crippen molar-refractivity contribution in [2.45, 2.75) is 45.6 Å². The van der Waals surface area contributed by atoms with Crippen molar-refractivity contribution in [2.75, 3.05) is 0 Å².